The van der Waals surface area contributed by atoms with Crippen LogP contribution in [0, 0.1) is 12.7 Å². The highest BCUT2D eigenvalue weighted by Gasteiger charge is 2.29. The van der Waals surface area contributed by atoms with Crippen molar-refractivity contribution >= 4 is 22.8 Å². The Morgan fingerprint density at radius 3 is 2.81 bits per heavy atom. The molecule has 1 fully saturated rings. The lowest BCUT2D eigenvalue weighted by Gasteiger charge is -2.12. The third-order valence-corrected chi connectivity index (χ3v) is 5.02. The number of halogens is 1. The number of amides is 1. The van der Waals surface area contributed by atoms with E-state index in [0.29, 0.717) is 39.7 Å². The molecule has 2 aliphatic rings. The molecule has 6 nitrogen and oxygen atoms in total. The number of aryl methyl sites for hydroxylation is 1. The lowest BCUT2D eigenvalue weighted by Crippen LogP contribution is -2.17. The molecule has 0 spiro atoms. The van der Waals surface area contributed by atoms with Crippen LogP contribution in [-0.2, 0) is 0 Å². The Morgan fingerprint density at radius 2 is 2.08 bits per heavy atom. The van der Waals surface area contributed by atoms with Crippen molar-refractivity contribution in [2.75, 3.05) is 5.32 Å². The number of aromatic amines is 1. The number of carbonyl (C=O) groups is 1. The van der Waals surface area contributed by atoms with Gasteiger partial charge in [-0.3, -0.25) is 4.79 Å². The standard InChI is InChI=1S/C19H18FN5O/c1-8-16-11(19(26)22-8)7-14(24-16)15-12(20)5-6-13-17(15)25-18(9(2)21-13)23-10-3-4-10/h5-8,10,24H,3-4H2,1-2H3,(H,22,26)(H,23,25)/t8-/m0/s1. The van der Waals surface area contributed by atoms with Crippen LogP contribution in [0.2, 0.25) is 0 Å². The number of nitrogens with one attached hydrogen (secondary N) is 3. The summed E-state index contributed by atoms with van der Waals surface area (Å²) in [6.45, 7) is 3.79. The second-order valence-electron chi connectivity index (χ2n) is 7.07. The van der Waals surface area contributed by atoms with Crippen LogP contribution in [-0.4, -0.2) is 26.9 Å². The maximum Gasteiger partial charge on any atom is 0.253 e. The molecule has 1 aromatic carbocycles. The molecule has 1 atom stereocenters. The minimum absolute atomic E-state index is 0.121. The van der Waals surface area contributed by atoms with E-state index in [1.54, 1.807) is 12.1 Å². The Kier molecular flexibility index (Phi) is 3.10. The highest BCUT2D eigenvalue weighted by Crippen LogP contribution is 2.35. The van der Waals surface area contributed by atoms with Crippen molar-refractivity contribution in [3.8, 4) is 11.3 Å². The summed E-state index contributed by atoms with van der Waals surface area (Å²) in [4.78, 5) is 24.5. The molecule has 0 saturated heterocycles. The van der Waals surface area contributed by atoms with E-state index in [-0.39, 0.29) is 17.8 Å². The molecular weight excluding hydrogens is 333 g/mol. The predicted molar refractivity (Wildman–Crippen MR) is 96.5 cm³/mol. The first-order chi connectivity index (χ1) is 12.5. The summed E-state index contributed by atoms with van der Waals surface area (Å²) < 4.78 is 14.8. The molecule has 1 aliphatic carbocycles. The molecule has 3 heterocycles. The van der Waals surface area contributed by atoms with Gasteiger partial charge in [0.1, 0.15) is 17.2 Å². The highest BCUT2D eigenvalue weighted by molar-refractivity contribution is 6.01. The van der Waals surface area contributed by atoms with E-state index in [0.717, 1.165) is 24.2 Å². The number of carbonyl (C=O) groups excluding carboxylic acids is 1. The van der Waals surface area contributed by atoms with E-state index >= 15 is 0 Å². The number of hydrogen-bond acceptors (Lipinski definition) is 4. The maximum atomic E-state index is 14.8. The van der Waals surface area contributed by atoms with Crippen molar-refractivity contribution in [1.82, 2.24) is 20.3 Å². The third-order valence-electron chi connectivity index (χ3n) is 5.02. The van der Waals surface area contributed by atoms with E-state index in [9.17, 15) is 9.18 Å². The largest absolute Gasteiger partial charge is 0.366 e. The zero-order valence-corrected chi connectivity index (χ0v) is 14.5. The monoisotopic (exact) mass is 351 g/mol. The molecular formula is C19H18FN5O. The second kappa shape index (κ2) is 5.27. The highest BCUT2D eigenvalue weighted by atomic mass is 19.1. The van der Waals surface area contributed by atoms with Crippen LogP contribution < -0.4 is 10.6 Å². The van der Waals surface area contributed by atoms with Gasteiger partial charge in [0, 0.05) is 6.04 Å². The van der Waals surface area contributed by atoms with Crippen molar-refractivity contribution in [3.63, 3.8) is 0 Å². The second-order valence-corrected chi connectivity index (χ2v) is 7.07. The van der Waals surface area contributed by atoms with Gasteiger partial charge in [-0.2, -0.15) is 0 Å². The molecule has 132 valence electrons. The van der Waals surface area contributed by atoms with Crippen LogP contribution in [0.3, 0.4) is 0 Å². The van der Waals surface area contributed by atoms with Crippen molar-refractivity contribution in [1.29, 1.82) is 0 Å². The Balaban J connectivity index is 1.71. The first kappa shape index (κ1) is 15.3. The van der Waals surface area contributed by atoms with Crippen LogP contribution in [0.4, 0.5) is 10.2 Å². The topological polar surface area (TPSA) is 82.7 Å². The number of rotatable bonds is 3. The van der Waals surface area contributed by atoms with E-state index in [2.05, 4.69) is 25.6 Å². The Hall–Kier alpha value is -2.96. The number of benzene rings is 1. The van der Waals surface area contributed by atoms with E-state index < -0.39 is 0 Å². The van der Waals surface area contributed by atoms with Gasteiger partial charge in [-0.25, -0.2) is 14.4 Å². The summed E-state index contributed by atoms with van der Waals surface area (Å²) in [6.07, 6.45) is 2.23. The van der Waals surface area contributed by atoms with Crippen molar-refractivity contribution in [2.45, 2.75) is 38.8 Å². The summed E-state index contributed by atoms with van der Waals surface area (Å²) in [5, 5.41) is 6.19. The number of hydrogen-bond donors (Lipinski definition) is 3. The lowest BCUT2D eigenvalue weighted by molar-refractivity contribution is 0.0958. The molecule has 26 heavy (non-hydrogen) atoms. The van der Waals surface area contributed by atoms with E-state index in [1.165, 1.54) is 6.07 Å². The van der Waals surface area contributed by atoms with Gasteiger partial charge in [-0.15, -0.1) is 0 Å². The summed E-state index contributed by atoms with van der Waals surface area (Å²) in [6, 6.07) is 5.04. The molecule has 2 aromatic heterocycles. The van der Waals surface area contributed by atoms with Crippen LogP contribution in [0.25, 0.3) is 22.3 Å². The van der Waals surface area contributed by atoms with Gasteiger partial charge in [0.05, 0.1) is 39.8 Å². The molecule has 0 unspecified atom stereocenters. The average Bonchev–Trinajstić information content (AvgIpc) is 3.23. The maximum absolute atomic E-state index is 14.8. The van der Waals surface area contributed by atoms with Gasteiger partial charge in [0.15, 0.2) is 0 Å². The number of anilines is 1. The van der Waals surface area contributed by atoms with E-state index in [4.69, 9.17) is 0 Å². The molecule has 0 radical (unpaired) electrons. The zero-order chi connectivity index (χ0) is 18.0. The normalized spacial score (nSPS) is 18.9. The van der Waals surface area contributed by atoms with Gasteiger partial charge in [0.25, 0.3) is 5.91 Å². The first-order valence-corrected chi connectivity index (χ1v) is 8.79. The Bertz CT molecular complexity index is 1070. The first-order valence-electron chi connectivity index (χ1n) is 8.79. The van der Waals surface area contributed by atoms with Crippen molar-refractivity contribution in [3.05, 3.63) is 41.0 Å². The molecule has 1 amide bonds. The third kappa shape index (κ3) is 2.27. The summed E-state index contributed by atoms with van der Waals surface area (Å²) in [5.41, 5.74) is 4.15. The van der Waals surface area contributed by atoms with Crippen LogP contribution >= 0.6 is 0 Å². The molecule has 0 bridgehead atoms. The number of nitrogens with zero attached hydrogens (tertiary/aromatic N) is 2. The predicted octanol–water partition coefficient (Wildman–Crippen LogP) is 3.45. The fourth-order valence-corrected chi connectivity index (χ4v) is 3.48. The quantitative estimate of drug-likeness (QED) is 0.675. The fourth-order valence-electron chi connectivity index (χ4n) is 3.48. The lowest BCUT2D eigenvalue weighted by atomic mass is 10.1. The minimum Gasteiger partial charge on any atom is -0.366 e. The molecule has 1 saturated carbocycles. The Labute approximate surface area is 149 Å². The SMILES string of the molecule is Cc1nc2ccc(F)c(-c3cc4c([nH]3)[C@H](C)NC4=O)c2nc1NC1CC1. The fraction of sp³-hybridized carbons (Fsp3) is 0.316. The van der Waals surface area contributed by atoms with Crippen molar-refractivity contribution in [2.24, 2.45) is 0 Å². The molecule has 5 rings (SSSR count). The minimum atomic E-state index is -0.388. The Morgan fingerprint density at radius 1 is 1.27 bits per heavy atom. The van der Waals surface area contributed by atoms with Crippen LogP contribution in [0.15, 0.2) is 18.2 Å². The summed E-state index contributed by atoms with van der Waals surface area (Å²) in [7, 11) is 0. The van der Waals surface area contributed by atoms with Gasteiger partial charge < -0.3 is 15.6 Å². The van der Waals surface area contributed by atoms with Gasteiger partial charge in [-0.1, -0.05) is 0 Å². The number of fused-ring (bicyclic) bond motifs is 2. The van der Waals surface area contributed by atoms with E-state index in [1.807, 2.05) is 13.8 Å². The van der Waals surface area contributed by atoms with Gasteiger partial charge in [0.2, 0.25) is 0 Å². The van der Waals surface area contributed by atoms with Gasteiger partial charge in [-0.05, 0) is 44.9 Å². The number of H-pyrrole nitrogens is 1. The summed E-state index contributed by atoms with van der Waals surface area (Å²) in [5.74, 6) is 0.159. The average molecular weight is 351 g/mol. The summed E-state index contributed by atoms with van der Waals surface area (Å²) >= 11 is 0. The van der Waals surface area contributed by atoms with Gasteiger partial charge >= 0.3 is 0 Å². The van der Waals surface area contributed by atoms with Crippen molar-refractivity contribution < 1.29 is 9.18 Å². The van der Waals surface area contributed by atoms with Crippen LogP contribution in [0.1, 0.15) is 47.6 Å². The zero-order valence-electron chi connectivity index (χ0n) is 14.5. The number of aromatic nitrogens is 3. The molecule has 3 N–H and O–H groups in total. The smallest absolute Gasteiger partial charge is 0.253 e. The molecule has 7 heteroatoms. The molecule has 3 aromatic rings. The van der Waals surface area contributed by atoms with Crippen LogP contribution in [0.5, 0.6) is 0 Å². The molecule has 1 aliphatic heterocycles.